The molecule has 1 aromatic carbocycles. The standard InChI is InChI=1S/C17H23ClFN/c1-2-20-17(15-8-11-3-4-12(15)7-11)10-13-9-14(19)5-6-16(13)18/h5-6,9,11-12,15,17,20H,2-4,7-8,10H2,1H3. The summed E-state index contributed by atoms with van der Waals surface area (Å²) >= 11 is 6.23. The fraction of sp³-hybridized carbons (Fsp3) is 0.647. The van der Waals surface area contributed by atoms with Crippen LogP contribution in [0.2, 0.25) is 5.02 Å². The molecule has 1 N–H and O–H groups in total. The van der Waals surface area contributed by atoms with Crippen molar-refractivity contribution in [3.05, 3.63) is 34.6 Å². The normalized spacial score (nSPS) is 29.9. The van der Waals surface area contributed by atoms with E-state index in [1.54, 1.807) is 12.1 Å². The molecule has 3 rings (SSSR count). The highest BCUT2D eigenvalue weighted by atomic mass is 35.5. The van der Waals surface area contributed by atoms with E-state index >= 15 is 0 Å². The van der Waals surface area contributed by atoms with Gasteiger partial charge in [-0.05, 0) is 73.7 Å². The molecular weight excluding hydrogens is 273 g/mol. The van der Waals surface area contributed by atoms with E-state index in [4.69, 9.17) is 11.6 Å². The summed E-state index contributed by atoms with van der Waals surface area (Å²) in [6, 6.07) is 5.15. The Kier molecular flexibility index (Phi) is 4.32. The van der Waals surface area contributed by atoms with E-state index < -0.39 is 0 Å². The van der Waals surface area contributed by atoms with Crippen LogP contribution in [0, 0.1) is 23.6 Å². The molecule has 0 aromatic heterocycles. The van der Waals surface area contributed by atoms with Crippen LogP contribution in [0.25, 0.3) is 0 Å². The number of halogens is 2. The fourth-order valence-electron chi connectivity index (χ4n) is 4.36. The highest BCUT2D eigenvalue weighted by molar-refractivity contribution is 6.31. The van der Waals surface area contributed by atoms with Gasteiger partial charge in [-0.2, -0.15) is 0 Å². The second-order valence-corrected chi connectivity index (χ2v) is 6.85. The van der Waals surface area contributed by atoms with Crippen LogP contribution < -0.4 is 5.32 Å². The Balaban J connectivity index is 1.75. The Labute approximate surface area is 125 Å². The molecule has 0 aliphatic heterocycles. The van der Waals surface area contributed by atoms with Crippen LogP contribution in [-0.2, 0) is 6.42 Å². The van der Waals surface area contributed by atoms with Gasteiger partial charge in [-0.15, -0.1) is 0 Å². The molecule has 4 unspecified atom stereocenters. The summed E-state index contributed by atoms with van der Waals surface area (Å²) < 4.78 is 13.4. The number of likely N-dealkylation sites (N-methyl/N-ethyl adjacent to an activating group) is 1. The van der Waals surface area contributed by atoms with Gasteiger partial charge < -0.3 is 5.32 Å². The lowest BCUT2D eigenvalue weighted by atomic mass is 9.81. The molecule has 4 atom stereocenters. The minimum absolute atomic E-state index is 0.187. The smallest absolute Gasteiger partial charge is 0.123 e. The number of nitrogens with one attached hydrogen (secondary N) is 1. The predicted molar refractivity (Wildman–Crippen MR) is 81.5 cm³/mol. The molecule has 0 saturated heterocycles. The predicted octanol–water partition coefficient (Wildman–Crippen LogP) is 4.44. The van der Waals surface area contributed by atoms with Gasteiger partial charge in [0.15, 0.2) is 0 Å². The summed E-state index contributed by atoms with van der Waals surface area (Å²) in [6.07, 6.45) is 6.39. The minimum Gasteiger partial charge on any atom is -0.314 e. The third kappa shape index (κ3) is 2.87. The number of hydrogen-bond acceptors (Lipinski definition) is 1. The fourth-order valence-corrected chi connectivity index (χ4v) is 4.56. The van der Waals surface area contributed by atoms with Crippen LogP contribution in [0.15, 0.2) is 18.2 Å². The molecule has 0 radical (unpaired) electrons. The maximum atomic E-state index is 13.4. The second-order valence-electron chi connectivity index (χ2n) is 6.44. The molecular formula is C17H23ClFN. The second kappa shape index (κ2) is 6.03. The maximum absolute atomic E-state index is 13.4. The number of benzene rings is 1. The molecule has 1 nitrogen and oxygen atoms in total. The molecule has 0 heterocycles. The monoisotopic (exact) mass is 295 g/mol. The Morgan fingerprint density at radius 2 is 2.20 bits per heavy atom. The van der Waals surface area contributed by atoms with Crippen molar-refractivity contribution in [1.29, 1.82) is 0 Å². The molecule has 2 fully saturated rings. The average molecular weight is 296 g/mol. The largest absolute Gasteiger partial charge is 0.314 e. The maximum Gasteiger partial charge on any atom is 0.123 e. The summed E-state index contributed by atoms with van der Waals surface area (Å²) in [5.74, 6) is 2.37. The van der Waals surface area contributed by atoms with Gasteiger partial charge in [-0.25, -0.2) is 4.39 Å². The summed E-state index contributed by atoms with van der Waals surface area (Å²) in [5.41, 5.74) is 0.945. The Hall–Kier alpha value is -0.600. The molecule has 1 aromatic rings. The van der Waals surface area contributed by atoms with E-state index in [1.807, 2.05) is 0 Å². The topological polar surface area (TPSA) is 12.0 Å². The van der Waals surface area contributed by atoms with Gasteiger partial charge in [-0.1, -0.05) is 24.9 Å². The van der Waals surface area contributed by atoms with Gasteiger partial charge in [0.05, 0.1) is 0 Å². The van der Waals surface area contributed by atoms with Crippen molar-refractivity contribution in [2.45, 2.75) is 45.1 Å². The SMILES string of the molecule is CCNC(Cc1cc(F)ccc1Cl)C1CC2CCC1C2. The van der Waals surface area contributed by atoms with Crippen LogP contribution in [0.4, 0.5) is 4.39 Å². The van der Waals surface area contributed by atoms with E-state index in [-0.39, 0.29) is 5.82 Å². The molecule has 110 valence electrons. The molecule has 2 saturated carbocycles. The molecule has 3 heteroatoms. The summed E-state index contributed by atoms with van der Waals surface area (Å²) in [7, 11) is 0. The third-order valence-electron chi connectivity index (χ3n) is 5.22. The van der Waals surface area contributed by atoms with E-state index in [2.05, 4.69) is 12.2 Å². The Morgan fingerprint density at radius 1 is 1.35 bits per heavy atom. The van der Waals surface area contributed by atoms with E-state index in [9.17, 15) is 4.39 Å². The van der Waals surface area contributed by atoms with E-state index in [0.717, 1.165) is 36.3 Å². The van der Waals surface area contributed by atoms with Crippen molar-refractivity contribution in [2.75, 3.05) is 6.54 Å². The Morgan fingerprint density at radius 3 is 2.85 bits per heavy atom. The lowest BCUT2D eigenvalue weighted by Gasteiger charge is -2.31. The number of fused-ring (bicyclic) bond motifs is 2. The Bertz CT molecular complexity index is 476. The first-order chi connectivity index (χ1) is 9.67. The van der Waals surface area contributed by atoms with Crippen LogP contribution in [0.1, 0.15) is 38.2 Å². The van der Waals surface area contributed by atoms with Crippen molar-refractivity contribution in [3.63, 3.8) is 0 Å². The van der Waals surface area contributed by atoms with Gasteiger partial charge in [0.25, 0.3) is 0 Å². The molecule has 2 aliphatic rings. The zero-order valence-electron chi connectivity index (χ0n) is 12.0. The lowest BCUT2D eigenvalue weighted by molar-refractivity contribution is 0.249. The van der Waals surface area contributed by atoms with Gasteiger partial charge in [0.2, 0.25) is 0 Å². The van der Waals surface area contributed by atoms with Gasteiger partial charge in [-0.3, -0.25) is 0 Å². The zero-order chi connectivity index (χ0) is 14.1. The van der Waals surface area contributed by atoms with Crippen molar-refractivity contribution in [1.82, 2.24) is 5.32 Å². The van der Waals surface area contributed by atoms with Crippen LogP contribution in [0.3, 0.4) is 0 Å². The van der Waals surface area contributed by atoms with Crippen molar-refractivity contribution < 1.29 is 4.39 Å². The van der Waals surface area contributed by atoms with Crippen molar-refractivity contribution >= 4 is 11.6 Å². The third-order valence-corrected chi connectivity index (χ3v) is 5.59. The average Bonchev–Trinajstić information content (AvgIpc) is 3.05. The summed E-state index contributed by atoms with van der Waals surface area (Å²) in [6.45, 7) is 3.11. The van der Waals surface area contributed by atoms with Crippen molar-refractivity contribution in [3.8, 4) is 0 Å². The van der Waals surface area contributed by atoms with E-state index in [1.165, 1.54) is 31.7 Å². The number of rotatable bonds is 5. The molecule has 0 spiro atoms. The molecule has 2 aliphatic carbocycles. The molecule has 20 heavy (non-hydrogen) atoms. The highest BCUT2D eigenvalue weighted by Gasteiger charge is 2.42. The summed E-state index contributed by atoms with van der Waals surface area (Å²) in [5, 5.41) is 4.32. The minimum atomic E-state index is -0.187. The first-order valence-electron chi connectivity index (χ1n) is 7.84. The molecule has 0 amide bonds. The van der Waals surface area contributed by atoms with Crippen LogP contribution >= 0.6 is 11.6 Å². The quantitative estimate of drug-likeness (QED) is 0.847. The van der Waals surface area contributed by atoms with Gasteiger partial charge in [0.1, 0.15) is 5.82 Å². The van der Waals surface area contributed by atoms with Gasteiger partial charge in [0, 0.05) is 11.1 Å². The number of hydrogen-bond donors (Lipinski definition) is 1. The summed E-state index contributed by atoms with van der Waals surface area (Å²) in [4.78, 5) is 0. The van der Waals surface area contributed by atoms with Crippen LogP contribution in [0.5, 0.6) is 0 Å². The zero-order valence-corrected chi connectivity index (χ0v) is 12.8. The van der Waals surface area contributed by atoms with Gasteiger partial charge >= 0.3 is 0 Å². The molecule has 2 bridgehead atoms. The van der Waals surface area contributed by atoms with Crippen molar-refractivity contribution in [2.24, 2.45) is 17.8 Å². The lowest BCUT2D eigenvalue weighted by Crippen LogP contribution is -2.40. The first kappa shape index (κ1) is 14.3. The highest BCUT2D eigenvalue weighted by Crippen LogP contribution is 2.50. The van der Waals surface area contributed by atoms with Crippen LogP contribution in [-0.4, -0.2) is 12.6 Å². The van der Waals surface area contributed by atoms with E-state index in [0.29, 0.717) is 11.1 Å². The first-order valence-corrected chi connectivity index (χ1v) is 8.22.